The van der Waals surface area contributed by atoms with Crippen molar-refractivity contribution >= 4 is 0 Å². The predicted molar refractivity (Wildman–Crippen MR) is 53.6 cm³/mol. The van der Waals surface area contributed by atoms with Crippen molar-refractivity contribution in [3.8, 4) is 0 Å². The van der Waals surface area contributed by atoms with Gasteiger partial charge >= 0.3 is 0 Å². The first-order chi connectivity index (χ1) is 5.74. The molecule has 66 valence electrons. The molecule has 1 nitrogen and oxygen atoms in total. The molecule has 12 heavy (non-hydrogen) atoms. The molecule has 0 atom stereocenters. The van der Waals surface area contributed by atoms with E-state index < -0.39 is 0 Å². The standard InChI is InChI=1S/C11H17N/c1-3-5-9(2)8-11(12)10-6-4-7-10/h3,5,8,10H,1,4,6-7,12H2,2H3/b9-5-,11-8-. The van der Waals surface area contributed by atoms with Crippen LogP contribution >= 0.6 is 0 Å². The van der Waals surface area contributed by atoms with Crippen LogP contribution in [0.5, 0.6) is 0 Å². The van der Waals surface area contributed by atoms with Gasteiger partial charge in [0, 0.05) is 5.70 Å². The van der Waals surface area contributed by atoms with Crippen molar-refractivity contribution < 1.29 is 0 Å². The molecule has 1 fully saturated rings. The topological polar surface area (TPSA) is 26.0 Å². The minimum absolute atomic E-state index is 0.651. The van der Waals surface area contributed by atoms with Crippen LogP contribution in [0.25, 0.3) is 0 Å². The van der Waals surface area contributed by atoms with E-state index in [2.05, 4.69) is 12.7 Å². The third-order valence-electron chi connectivity index (χ3n) is 2.35. The van der Waals surface area contributed by atoms with Gasteiger partial charge in [0.1, 0.15) is 0 Å². The molecule has 2 N–H and O–H groups in total. The van der Waals surface area contributed by atoms with E-state index in [1.807, 2.05) is 13.0 Å². The SMILES string of the molecule is C=C/C=C(C)\C=C(/N)C1CCC1. The minimum atomic E-state index is 0.651. The molecule has 0 bridgehead atoms. The van der Waals surface area contributed by atoms with Gasteiger partial charge < -0.3 is 5.73 Å². The molecule has 1 heteroatoms. The highest BCUT2D eigenvalue weighted by Crippen LogP contribution is 2.30. The summed E-state index contributed by atoms with van der Waals surface area (Å²) in [5, 5.41) is 0. The Morgan fingerprint density at radius 2 is 2.17 bits per heavy atom. The minimum Gasteiger partial charge on any atom is -0.402 e. The van der Waals surface area contributed by atoms with Gasteiger partial charge in [-0.15, -0.1) is 0 Å². The van der Waals surface area contributed by atoms with Gasteiger partial charge in [0.15, 0.2) is 0 Å². The van der Waals surface area contributed by atoms with E-state index in [0.717, 1.165) is 5.70 Å². The normalized spacial score (nSPS) is 20.4. The van der Waals surface area contributed by atoms with Crippen LogP contribution in [-0.2, 0) is 0 Å². The van der Waals surface area contributed by atoms with E-state index in [4.69, 9.17) is 5.73 Å². The van der Waals surface area contributed by atoms with Crippen molar-refractivity contribution in [1.29, 1.82) is 0 Å². The summed E-state index contributed by atoms with van der Waals surface area (Å²) < 4.78 is 0. The zero-order valence-electron chi connectivity index (χ0n) is 7.72. The average Bonchev–Trinajstić information content (AvgIpc) is 1.82. The van der Waals surface area contributed by atoms with E-state index in [-0.39, 0.29) is 0 Å². The number of allylic oxidation sites excluding steroid dienone is 5. The Hall–Kier alpha value is -0.980. The van der Waals surface area contributed by atoms with E-state index in [0.29, 0.717) is 5.92 Å². The summed E-state index contributed by atoms with van der Waals surface area (Å²) >= 11 is 0. The number of nitrogens with two attached hydrogens (primary N) is 1. The smallest absolute Gasteiger partial charge is 0.0115 e. The second kappa shape index (κ2) is 4.15. The van der Waals surface area contributed by atoms with Crippen LogP contribution in [0.3, 0.4) is 0 Å². The Labute approximate surface area is 74.7 Å². The summed E-state index contributed by atoms with van der Waals surface area (Å²) in [5.74, 6) is 0.651. The van der Waals surface area contributed by atoms with Crippen LogP contribution in [0.2, 0.25) is 0 Å². The molecule has 0 aromatic carbocycles. The Morgan fingerprint density at radius 3 is 2.58 bits per heavy atom. The van der Waals surface area contributed by atoms with Gasteiger partial charge in [0.25, 0.3) is 0 Å². The highest BCUT2D eigenvalue weighted by molar-refractivity contribution is 5.25. The zero-order chi connectivity index (χ0) is 8.97. The lowest BCUT2D eigenvalue weighted by atomic mass is 9.82. The van der Waals surface area contributed by atoms with Gasteiger partial charge in [-0.05, 0) is 37.3 Å². The van der Waals surface area contributed by atoms with E-state index in [1.54, 1.807) is 6.08 Å². The molecular formula is C11H17N. The summed E-state index contributed by atoms with van der Waals surface area (Å²) in [5.41, 5.74) is 8.12. The van der Waals surface area contributed by atoms with Gasteiger partial charge in [-0.25, -0.2) is 0 Å². The molecular weight excluding hydrogens is 146 g/mol. The lowest BCUT2D eigenvalue weighted by molar-refractivity contribution is 0.365. The maximum Gasteiger partial charge on any atom is 0.0115 e. The van der Waals surface area contributed by atoms with E-state index >= 15 is 0 Å². The maximum absolute atomic E-state index is 5.90. The first-order valence-electron chi connectivity index (χ1n) is 4.50. The third-order valence-corrected chi connectivity index (χ3v) is 2.35. The van der Waals surface area contributed by atoms with Crippen LogP contribution in [0.4, 0.5) is 0 Å². The van der Waals surface area contributed by atoms with Crippen molar-refractivity contribution in [3.05, 3.63) is 36.1 Å². The van der Waals surface area contributed by atoms with Crippen LogP contribution in [0, 0.1) is 5.92 Å². The zero-order valence-corrected chi connectivity index (χ0v) is 7.72. The molecule has 0 unspecified atom stereocenters. The molecule has 0 amide bonds. The quantitative estimate of drug-likeness (QED) is 0.636. The molecule has 0 spiro atoms. The second-order valence-corrected chi connectivity index (χ2v) is 3.42. The summed E-state index contributed by atoms with van der Waals surface area (Å²) in [7, 11) is 0. The van der Waals surface area contributed by atoms with E-state index in [1.165, 1.54) is 24.8 Å². The van der Waals surface area contributed by atoms with Gasteiger partial charge in [0.05, 0.1) is 0 Å². The predicted octanol–water partition coefficient (Wildman–Crippen LogP) is 2.76. The first kappa shape index (κ1) is 9.11. The largest absolute Gasteiger partial charge is 0.402 e. The summed E-state index contributed by atoms with van der Waals surface area (Å²) in [6.07, 6.45) is 9.70. The summed E-state index contributed by atoms with van der Waals surface area (Å²) in [6.45, 7) is 5.69. The molecule has 0 saturated heterocycles. The van der Waals surface area contributed by atoms with Crippen LogP contribution in [0.15, 0.2) is 36.1 Å². The fraction of sp³-hybridized carbons (Fsp3) is 0.455. The lowest BCUT2D eigenvalue weighted by Crippen LogP contribution is -2.19. The fourth-order valence-corrected chi connectivity index (χ4v) is 1.36. The molecule has 0 aromatic rings. The van der Waals surface area contributed by atoms with Crippen molar-refractivity contribution in [2.75, 3.05) is 0 Å². The Morgan fingerprint density at radius 1 is 1.50 bits per heavy atom. The first-order valence-corrected chi connectivity index (χ1v) is 4.50. The van der Waals surface area contributed by atoms with Crippen LogP contribution in [-0.4, -0.2) is 0 Å². The molecule has 1 rings (SSSR count). The van der Waals surface area contributed by atoms with Crippen LogP contribution < -0.4 is 5.73 Å². The maximum atomic E-state index is 5.90. The van der Waals surface area contributed by atoms with Crippen molar-refractivity contribution in [1.82, 2.24) is 0 Å². The van der Waals surface area contributed by atoms with Gasteiger partial charge in [0.2, 0.25) is 0 Å². The monoisotopic (exact) mass is 163 g/mol. The number of rotatable bonds is 3. The van der Waals surface area contributed by atoms with Gasteiger partial charge in [-0.1, -0.05) is 25.2 Å². The molecule has 1 saturated carbocycles. The van der Waals surface area contributed by atoms with E-state index in [9.17, 15) is 0 Å². The number of hydrogen-bond donors (Lipinski definition) is 1. The van der Waals surface area contributed by atoms with Crippen LogP contribution in [0.1, 0.15) is 26.2 Å². The lowest BCUT2D eigenvalue weighted by Gasteiger charge is -2.25. The Kier molecular flexibility index (Phi) is 3.15. The van der Waals surface area contributed by atoms with Crippen molar-refractivity contribution in [2.24, 2.45) is 11.7 Å². The van der Waals surface area contributed by atoms with Crippen molar-refractivity contribution in [2.45, 2.75) is 26.2 Å². The highest BCUT2D eigenvalue weighted by atomic mass is 14.6. The Bertz CT molecular complexity index is 219. The van der Waals surface area contributed by atoms with Gasteiger partial charge in [-0.3, -0.25) is 0 Å². The molecule has 0 aromatic heterocycles. The van der Waals surface area contributed by atoms with Gasteiger partial charge in [-0.2, -0.15) is 0 Å². The third kappa shape index (κ3) is 2.26. The summed E-state index contributed by atoms with van der Waals surface area (Å²) in [6, 6.07) is 0. The molecule has 0 heterocycles. The second-order valence-electron chi connectivity index (χ2n) is 3.42. The molecule has 0 radical (unpaired) electrons. The molecule has 1 aliphatic carbocycles. The molecule has 0 aliphatic heterocycles. The Balaban J connectivity index is 2.53. The fourth-order valence-electron chi connectivity index (χ4n) is 1.36. The number of hydrogen-bond acceptors (Lipinski definition) is 1. The molecule has 1 aliphatic rings. The van der Waals surface area contributed by atoms with Crippen molar-refractivity contribution in [3.63, 3.8) is 0 Å². The summed E-state index contributed by atoms with van der Waals surface area (Å²) in [4.78, 5) is 0. The highest BCUT2D eigenvalue weighted by Gasteiger charge is 2.19. The average molecular weight is 163 g/mol.